The first-order valence-corrected chi connectivity index (χ1v) is 14.9. The van der Waals surface area contributed by atoms with Crippen molar-refractivity contribution in [3.63, 3.8) is 0 Å². The van der Waals surface area contributed by atoms with E-state index in [9.17, 15) is 14.4 Å². The molecule has 1 aromatic heterocycles. The van der Waals surface area contributed by atoms with Gasteiger partial charge in [0, 0.05) is 11.4 Å². The van der Waals surface area contributed by atoms with Gasteiger partial charge in [-0.05, 0) is 77.9 Å². The minimum atomic E-state index is -0.859. The molecule has 13 heteroatoms. The van der Waals surface area contributed by atoms with Crippen molar-refractivity contribution < 1.29 is 33.3 Å². The van der Waals surface area contributed by atoms with Crippen LogP contribution in [0.25, 0.3) is 6.08 Å². The summed E-state index contributed by atoms with van der Waals surface area (Å²) < 4.78 is 30.2. The Labute approximate surface area is 261 Å². The summed E-state index contributed by atoms with van der Waals surface area (Å²) in [5.74, 6) is 0.507. The number of thiazole rings is 1. The SMILES string of the molecule is CCOC(=O)C1=C(C)N=c2s/c(=C\c3cc(I)c(OC(C)=O)c(OC)c3)c(=O)n2[C@H]1c1cc(OC)c(OC)cc1Br. The number of carbonyl (C=O) groups is 2. The third kappa shape index (κ3) is 6.06. The molecule has 1 atom stereocenters. The molecule has 0 saturated carbocycles. The Morgan fingerprint density at radius 1 is 1.10 bits per heavy atom. The highest BCUT2D eigenvalue weighted by Gasteiger charge is 2.35. The summed E-state index contributed by atoms with van der Waals surface area (Å²) >= 11 is 6.82. The molecule has 2 heterocycles. The maximum atomic E-state index is 14.0. The highest BCUT2D eigenvalue weighted by atomic mass is 127. The summed E-state index contributed by atoms with van der Waals surface area (Å²) in [4.78, 5) is 43.8. The van der Waals surface area contributed by atoms with Crippen LogP contribution in [0, 0.1) is 3.57 Å². The predicted molar refractivity (Wildman–Crippen MR) is 165 cm³/mol. The normalized spacial score (nSPS) is 14.7. The van der Waals surface area contributed by atoms with Gasteiger partial charge in [0.1, 0.15) is 0 Å². The van der Waals surface area contributed by atoms with E-state index in [1.54, 1.807) is 44.2 Å². The van der Waals surface area contributed by atoms with Gasteiger partial charge in [-0.25, -0.2) is 9.79 Å². The number of ether oxygens (including phenoxy) is 5. The molecule has 0 aliphatic carbocycles. The largest absolute Gasteiger partial charge is 0.493 e. The van der Waals surface area contributed by atoms with E-state index in [2.05, 4.69) is 20.9 Å². The molecule has 1 aliphatic heterocycles. The zero-order valence-corrected chi connectivity index (χ0v) is 27.6. The van der Waals surface area contributed by atoms with E-state index in [0.717, 1.165) is 0 Å². The molecule has 0 unspecified atom stereocenters. The highest BCUT2D eigenvalue weighted by Crippen LogP contribution is 2.41. The molecule has 41 heavy (non-hydrogen) atoms. The smallest absolute Gasteiger partial charge is 0.338 e. The molecule has 216 valence electrons. The second kappa shape index (κ2) is 12.8. The van der Waals surface area contributed by atoms with Crippen molar-refractivity contribution in [2.45, 2.75) is 26.8 Å². The lowest BCUT2D eigenvalue weighted by Gasteiger charge is -2.26. The van der Waals surface area contributed by atoms with Crippen LogP contribution in [0.5, 0.6) is 23.0 Å². The molecule has 0 saturated heterocycles. The molecule has 0 fully saturated rings. The molecular formula is C28H26BrIN2O8S. The molecule has 0 radical (unpaired) electrons. The van der Waals surface area contributed by atoms with Crippen LogP contribution in [0.2, 0.25) is 0 Å². The number of nitrogens with zero attached hydrogens (tertiary/aromatic N) is 2. The van der Waals surface area contributed by atoms with Crippen molar-refractivity contribution >= 4 is 67.9 Å². The number of esters is 2. The maximum absolute atomic E-state index is 14.0. The van der Waals surface area contributed by atoms with Gasteiger partial charge in [0.2, 0.25) is 0 Å². The van der Waals surface area contributed by atoms with Gasteiger partial charge in [0.25, 0.3) is 5.56 Å². The first-order valence-electron chi connectivity index (χ1n) is 12.2. The third-order valence-corrected chi connectivity index (χ3v) is 8.58. The van der Waals surface area contributed by atoms with Crippen LogP contribution >= 0.6 is 49.9 Å². The molecule has 2 aromatic carbocycles. The summed E-state index contributed by atoms with van der Waals surface area (Å²) in [5, 5.41) is 0. The van der Waals surface area contributed by atoms with Crippen LogP contribution in [0.3, 0.4) is 0 Å². The van der Waals surface area contributed by atoms with Gasteiger partial charge in [0.15, 0.2) is 27.8 Å². The number of halogens is 2. The Morgan fingerprint density at radius 3 is 2.37 bits per heavy atom. The average molecular weight is 757 g/mol. The zero-order valence-electron chi connectivity index (χ0n) is 23.0. The maximum Gasteiger partial charge on any atom is 0.338 e. The topological polar surface area (TPSA) is 115 Å². The fourth-order valence-corrected chi connectivity index (χ4v) is 6.70. The number of allylic oxidation sites excluding steroid dienone is 1. The van der Waals surface area contributed by atoms with E-state index >= 15 is 0 Å². The number of methoxy groups -OCH3 is 3. The van der Waals surface area contributed by atoms with E-state index < -0.39 is 18.0 Å². The second-order valence-corrected chi connectivity index (χ2v) is 11.7. The fraction of sp³-hybridized carbons (Fsp3) is 0.286. The van der Waals surface area contributed by atoms with Gasteiger partial charge in [-0.2, -0.15) is 0 Å². The van der Waals surface area contributed by atoms with Gasteiger partial charge >= 0.3 is 11.9 Å². The lowest BCUT2D eigenvalue weighted by Crippen LogP contribution is -2.40. The van der Waals surface area contributed by atoms with Crippen molar-refractivity contribution in [1.82, 2.24) is 4.57 Å². The number of aromatic nitrogens is 1. The molecular weight excluding hydrogens is 731 g/mol. The summed E-state index contributed by atoms with van der Waals surface area (Å²) in [5.41, 5.74) is 1.56. The summed E-state index contributed by atoms with van der Waals surface area (Å²) in [6, 6.07) is 6.04. The monoisotopic (exact) mass is 756 g/mol. The summed E-state index contributed by atoms with van der Waals surface area (Å²) in [6.45, 7) is 4.90. The van der Waals surface area contributed by atoms with Crippen molar-refractivity contribution in [2.75, 3.05) is 27.9 Å². The van der Waals surface area contributed by atoms with Gasteiger partial charge in [-0.15, -0.1) is 0 Å². The first kappa shape index (κ1) is 30.8. The highest BCUT2D eigenvalue weighted by molar-refractivity contribution is 14.1. The Morgan fingerprint density at radius 2 is 1.76 bits per heavy atom. The van der Waals surface area contributed by atoms with Crippen LogP contribution in [0.1, 0.15) is 37.9 Å². The molecule has 0 amide bonds. The summed E-state index contributed by atoms with van der Waals surface area (Å²) in [6.07, 6.45) is 1.70. The standard InChI is InChI=1S/C28H26BrIN2O8S/c1-7-39-27(35)23-13(2)31-28-32(24(23)16-11-19(36-4)20(37-5)12-17(16)29)26(34)22(41-28)10-15-8-18(30)25(40-14(3)33)21(9-15)38-6/h8-12,24H,7H2,1-6H3/b22-10-/t24-/m0/s1. The minimum absolute atomic E-state index is 0.156. The predicted octanol–water partition coefficient (Wildman–Crippen LogP) is 4.12. The van der Waals surface area contributed by atoms with E-state index in [4.69, 9.17) is 23.7 Å². The Balaban J connectivity index is 1.98. The van der Waals surface area contributed by atoms with E-state index in [0.29, 0.717) is 57.2 Å². The van der Waals surface area contributed by atoms with E-state index in [-0.39, 0.29) is 17.7 Å². The first-order chi connectivity index (χ1) is 19.5. The number of rotatable bonds is 8. The van der Waals surface area contributed by atoms with Crippen molar-refractivity contribution in [2.24, 2.45) is 4.99 Å². The van der Waals surface area contributed by atoms with Gasteiger partial charge in [0.05, 0.1) is 53.4 Å². The van der Waals surface area contributed by atoms with Crippen LogP contribution in [0.15, 0.2) is 49.8 Å². The average Bonchev–Trinajstić information content (AvgIpc) is 3.22. The Bertz CT molecular complexity index is 1760. The van der Waals surface area contributed by atoms with Crippen LogP contribution < -0.4 is 33.8 Å². The van der Waals surface area contributed by atoms with Crippen LogP contribution in [-0.4, -0.2) is 44.4 Å². The molecule has 0 N–H and O–H groups in total. The van der Waals surface area contributed by atoms with Crippen LogP contribution in [-0.2, 0) is 14.3 Å². The Kier molecular flexibility index (Phi) is 9.59. The Hall–Kier alpha value is -3.17. The third-order valence-electron chi connectivity index (χ3n) is 6.11. The lowest BCUT2D eigenvalue weighted by molar-refractivity contribution is -0.139. The van der Waals surface area contributed by atoms with Gasteiger partial charge in [-0.3, -0.25) is 14.2 Å². The molecule has 10 nitrogen and oxygen atoms in total. The quantitative estimate of drug-likeness (QED) is 0.192. The molecule has 3 aromatic rings. The van der Waals surface area contributed by atoms with Crippen LogP contribution in [0.4, 0.5) is 0 Å². The minimum Gasteiger partial charge on any atom is -0.493 e. The molecule has 0 spiro atoms. The van der Waals surface area contributed by atoms with Crippen molar-refractivity contribution in [1.29, 1.82) is 0 Å². The molecule has 0 bridgehead atoms. The number of carbonyl (C=O) groups excluding carboxylic acids is 2. The number of benzene rings is 2. The fourth-order valence-electron chi connectivity index (χ4n) is 4.38. The number of hydrogen-bond donors (Lipinski definition) is 0. The lowest BCUT2D eigenvalue weighted by atomic mass is 9.95. The van der Waals surface area contributed by atoms with Crippen molar-refractivity contribution in [3.05, 3.63) is 74.4 Å². The number of hydrogen-bond acceptors (Lipinski definition) is 10. The van der Waals surface area contributed by atoms with Gasteiger partial charge < -0.3 is 23.7 Å². The number of fused-ring (bicyclic) bond motifs is 1. The van der Waals surface area contributed by atoms with E-state index in [1.807, 2.05) is 22.6 Å². The van der Waals surface area contributed by atoms with E-state index in [1.165, 1.54) is 44.2 Å². The second-order valence-electron chi connectivity index (χ2n) is 8.66. The van der Waals surface area contributed by atoms with Crippen molar-refractivity contribution in [3.8, 4) is 23.0 Å². The summed E-state index contributed by atoms with van der Waals surface area (Å²) in [7, 11) is 4.50. The zero-order chi connectivity index (χ0) is 30.0. The molecule has 4 rings (SSSR count). The van der Waals surface area contributed by atoms with Gasteiger partial charge in [-0.1, -0.05) is 27.3 Å². The molecule has 1 aliphatic rings.